The highest BCUT2D eigenvalue weighted by molar-refractivity contribution is 7.10. The molecular formula is C19H25N3O2S. The van der Waals surface area contributed by atoms with Gasteiger partial charge in [0.05, 0.1) is 19.3 Å². The van der Waals surface area contributed by atoms with Crippen molar-refractivity contribution in [2.75, 3.05) is 36.5 Å². The Balaban J connectivity index is 1.53. The number of hydrogen-bond acceptors (Lipinski definition) is 5. The van der Waals surface area contributed by atoms with E-state index in [-0.39, 0.29) is 18.0 Å². The first-order valence-electron chi connectivity index (χ1n) is 8.66. The molecule has 6 heteroatoms. The van der Waals surface area contributed by atoms with Gasteiger partial charge in [0.2, 0.25) is 5.91 Å². The lowest BCUT2D eigenvalue weighted by Gasteiger charge is -2.29. The van der Waals surface area contributed by atoms with Crippen LogP contribution in [0.2, 0.25) is 0 Å². The second-order valence-electron chi connectivity index (χ2n) is 6.26. The fourth-order valence-corrected chi connectivity index (χ4v) is 3.64. The first-order chi connectivity index (χ1) is 12.1. The number of nitrogens with one attached hydrogen (secondary N) is 2. The van der Waals surface area contributed by atoms with Crippen molar-refractivity contribution in [3.63, 3.8) is 0 Å². The minimum Gasteiger partial charge on any atom is -0.378 e. The molecule has 0 saturated carbocycles. The van der Waals surface area contributed by atoms with E-state index in [2.05, 4.69) is 28.5 Å². The number of hydrogen-bond donors (Lipinski definition) is 2. The van der Waals surface area contributed by atoms with Crippen LogP contribution in [0.15, 0.2) is 41.8 Å². The molecule has 5 nitrogen and oxygen atoms in total. The van der Waals surface area contributed by atoms with Gasteiger partial charge in [-0.3, -0.25) is 10.1 Å². The van der Waals surface area contributed by atoms with Crippen LogP contribution in [0.25, 0.3) is 0 Å². The van der Waals surface area contributed by atoms with E-state index in [1.165, 1.54) is 10.6 Å². The largest absolute Gasteiger partial charge is 0.378 e. The van der Waals surface area contributed by atoms with Crippen LogP contribution < -0.4 is 15.5 Å². The lowest BCUT2D eigenvalue weighted by Crippen LogP contribution is -2.39. The third-order valence-corrected chi connectivity index (χ3v) is 5.43. The van der Waals surface area contributed by atoms with Gasteiger partial charge in [-0.05, 0) is 49.6 Å². The predicted octanol–water partition coefficient (Wildman–Crippen LogP) is 3.26. The summed E-state index contributed by atoms with van der Waals surface area (Å²) < 4.78 is 5.38. The first kappa shape index (κ1) is 17.9. The summed E-state index contributed by atoms with van der Waals surface area (Å²) in [6.45, 7) is 7.32. The molecule has 0 aliphatic carbocycles. The average molecular weight is 359 g/mol. The summed E-state index contributed by atoms with van der Waals surface area (Å²) in [6, 6.07) is 12.0. The number of nitrogens with zero attached hydrogens (tertiary/aromatic N) is 1. The van der Waals surface area contributed by atoms with Crippen LogP contribution in [0, 0.1) is 0 Å². The number of carbonyl (C=O) groups excluding carboxylic acids is 1. The van der Waals surface area contributed by atoms with Gasteiger partial charge in [0.25, 0.3) is 0 Å². The smallest absolute Gasteiger partial charge is 0.241 e. The maximum atomic E-state index is 12.4. The predicted molar refractivity (Wildman–Crippen MR) is 103 cm³/mol. The molecule has 3 rings (SSSR count). The Labute approximate surface area is 153 Å². The third-order valence-electron chi connectivity index (χ3n) is 4.37. The van der Waals surface area contributed by atoms with Gasteiger partial charge in [-0.15, -0.1) is 11.3 Å². The van der Waals surface area contributed by atoms with Crippen molar-refractivity contribution in [2.45, 2.75) is 25.9 Å². The molecule has 0 spiro atoms. The summed E-state index contributed by atoms with van der Waals surface area (Å²) in [6.07, 6.45) is 0. The van der Waals surface area contributed by atoms with Crippen LogP contribution in [0.3, 0.4) is 0 Å². The number of ether oxygens (including phenoxy) is 1. The van der Waals surface area contributed by atoms with Crippen molar-refractivity contribution in [1.29, 1.82) is 0 Å². The molecule has 1 aliphatic heterocycles. The first-order valence-corrected chi connectivity index (χ1v) is 9.54. The van der Waals surface area contributed by atoms with Crippen LogP contribution >= 0.6 is 11.3 Å². The third kappa shape index (κ3) is 4.81. The van der Waals surface area contributed by atoms with Crippen LogP contribution in [0.4, 0.5) is 11.4 Å². The minimum atomic E-state index is -0.268. The summed E-state index contributed by atoms with van der Waals surface area (Å²) in [5.41, 5.74) is 1.98. The van der Waals surface area contributed by atoms with Gasteiger partial charge in [-0.25, -0.2) is 0 Å². The highest BCUT2D eigenvalue weighted by Gasteiger charge is 2.17. The summed E-state index contributed by atoms with van der Waals surface area (Å²) >= 11 is 1.70. The van der Waals surface area contributed by atoms with Gasteiger partial charge < -0.3 is 15.0 Å². The number of thiophene rings is 1. The minimum absolute atomic E-state index is 0.0254. The van der Waals surface area contributed by atoms with E-state index in [0.717, 1.165) is 32.0 Å². The lowest BCUT2D eigenvalue weighted by atomic mass is 10.2. The Bertz CT molecular complexity index is 666. The Hall–Kier alpha value is -1.89. The molecule has 1 aliphatic rings. The van der Waals surface area contributed by atoms with Crippen molar-refractivity contribution in [2.24, 2.45) is 0 Å². The fourth-order valence-electron chi connectivity index (χ4n) is 2.90. The standard InChI is InChI=1S/C19H25N3O2S/c1-14(18-4-3-13-25-18)20-15(2)19(23)21-16-5-7-17(8-6-16)22-9-11-24-12-10-22/h3-8,13-15,20H,9-12H2,1-2H3,(H,21,23). The lowest BCUT2D eigenvalue weighted by molar-refractivity contribution is -0.117. The van der Waals surface area contributed by atoms with E-state index in [1.54, 1.807) is 11.3 Å². The van der Waals surface area contributed by atoms with Crippen molar-refractivity contribution >= 4 is 28.6 Å². The van der Waals surface area contributed by atoms with E-state index < -0.39 is 0 Å². The van der Waals surface area contributed by atoms with Gasteiger partial charge in [0.1, 0.15) is 0 Å². The number of carbonyl (C=O) groups is 1. The zero-order chi connectivity index (χ0) is 17.6. The molecule has 2 N–H and O–H groups in total. The maximum Gasteiger partial charge on any atom is 0.241 e. The van der Waals surface area contributed by atoms with Crippen LogP contribution in [0.5, 0.6) is 0 Å². The number of benzene rings is 1. The normalized spacial score (nSPS) is 17.1. The zero-order valence-electron chi connectivity index (χ0n) is 14.7. The molecule has 1 fully saturated rings. The van der Waals surface area contributed by atoms with Gasteiger partial charge >= 0.3 is 0 Å². The SMILES string of the molecule is CC(NC(C)c1cccs1)C(=O)Nc1ccc(N2CCOCC2)cc1. The Morgan fingerprint density at radius 3 is 2.52 bits per heavy atom. The molecule has 25 heavy (non-hydrogen) atoms. The highest BCUT2D eigenvalue weighted by atomic mass is 32.1. The molecule has 0 radical (unpaired) electrons. The molecular weight excluding hydrogens is 334 g/mol. The topological polar surface area (TPSA) is 53.6 Å². The highest BCUT2D eigenvalue weighted by Crippen LogP contribution is 2.20. The van der Waals surface area contributed by atoms with Crippen molar-refractivity contribution < 1.29 is 9.53 Å². The molecule has 0 bridgehead atoms. The van der Waals surface area contributed by atoms with Crippen LogP contribution in [-0.2, 0) is 9.53 Å². The fraction of sp³-hybridized carbons (Fsp3) is 0.421. The van der Waals surface area contributed by atoms with Gasteiger partial charge in [-0.1, -0.05) is 6.07 Å². The van der Waals surface area contributed by atoms with E-state index in [0.29, 0.717) is 0 Å². The molecule has 2 aromatic rings. The van der Waals surface area contributed by atoms with E-state index in [1.807, 2.05) is 42.6 Å². The number of amides is 1. The molecule has 1 saturated heterocycles. The molecule has 134 valence electrons. The second-order valence-corrected chi connectivity index (χ2v) is 7.24. The Morgan fingerprint density at radius 1 is 1.16 bits per heavy atom. The van der Waals surface area contributed by atoms with E-state index >= 15 is 0 Å². The summed E-state index contributed by atoms with van der Waals surface area (Å²) in [5.74, 6) is -0.0254. The molecule has 1 amide bonds. The maximum absolute atomic E-state index is 12.4. The molecule has 2 heterocycles. The van der Waals surface area contributed by atoms with Crippen molar-refractivity contribution in [3.05, 3.63) is 46.7 Å². The summed E-state index contributed by atoms with van der Waals surface area (Å²) in [4.78, 5) is 15.9. The quantitative estimate of drug-likeness (QED) is 0.831. The molecule has 2 atom stereocenters. The molecule has 1 aromatic carbocycles. The van der Waals surface area contributed by atoms with Crippen LogP contribution in [0.1, 0.15) is 24.8 Å². The van der Waals surface area contributed by atoms with Crippen LogP contribution in [-0.4, -0.2) is 38.3 Å². The summed E-state index contributed by atoms with van der Waals surface area (Å²) in [5, 5.41) is 8.37. The number of anilines is 2. The Kier molecular flexibility index (Phi) is 6.07. The van der Waals surface area contributed by atoms with Gasteiger partial charge in [0.15, 0.2) is 0 Å². The zero-order valence-corrected chi connectivity index (χ0v) is 15.5. The van der Waals surface area contributed by atoms with E-state index in [9.17, 15) is 4.79 Å². The second kappa shape index (κ2) is 8.47. The number of rotatable bonds is 6. The van der Waals surface area contributed by atoms with Crippen molar-refractivity contribution in [1.82, 2.24) is 5.32 Å². The van der Waals surface area contributed by atoms with E-state index in [4.69, 9.17) is 4.74 Å². The number of morpholine rings is 1. The Morgan fingerprint density at radius 2 is 1.88 bits per heavy atom. The summed E-state index contributed by atoms with van der Waals surface area (Å²) in [7, 11) is 0. The monoisotopic (exact) mass is 359 g/mol. The van der Waals surface area contributed by atoms with Crippen molar-refractivity contribution in [3.8, 4) is 0 Å². The van der Waals surface area contributed by atoms with Gasteiger partial charge in [-0.2, -0.15) is 0 Å². The van der Waals surface area contributed by atoms with Gasteiger partial charge in [0, 0.05) is 35.4 Å². The molecule has 2 unspecified atom stereocenters. The average Bonchev–Trinajstić information content (AvgIpc) is 3.18. The molecule has 1 aromatic heterocycles.